The van der Waals surface area contributed by atoms with Crippen molar-refractivity contribution < 1.29 is 0 Å². The Morgan fingerprint density at radius 1 is 1.14 bits per heavy atom. The summed E-state index contributed by atoms with van der Waals surface area (Å²) >= 11 is 0. The number of rotatable bonds is 3. The summed E-state index contributed by atoms with van der Waals surface area (Å²) in [4.78, 5) is 0. The Labute approximate surface area is 92.1 Å². The van der Waals surface area contributed by atoms with E-state index in [0.29, 0.717) is 5.92 Å². The number of allylic oxidation sites excluding steroid dienone is 3. The summed E-state index contributed by atoms with van der Waals surface area (Å²) in [5, 5.41) is 0. The molecule has 0 aromatic heterocycles. The zero-order chi connectivity index (χ0) is 12.1. The van der Waals surface area contributed by atoms with Crippen molar-refractivity contribution >= 4 is 0 Å². The highest BCUT2D eigenvalue weighted by atomic mass is 14.0. The molecule has 0 aliphatic heterocycles. The second-order valence-corrected chi connectivity index (χ2v) is 3.07. The quantitative estimate of drug-likeness (QED) is 0.517. The van der Waals surface area contributed by atoms with Gasteiger partial charge in [-0.2, -0.15) is 0 Å². The van der Waals surface area contributed by atoms with Crippen molar-refractivity contribution in [2.24, 2.45) is 5.92 Å². The molecule has 14 heavy (non-hydrogen) atoms. The molecule has 0 fully saturated rings. The second-order valence-electron chi connectivity index (χ2n) is 3.07. The fourth-order valence-corrected chi connectivity index (χ4v) is 0.964. The Morgan fingerprint density at radius 2 is 1.50 bits per heavy atom. The molecule has 0 aliphatic carbocycles. The summed E-state index contributed by atoms with van der Waals surface area (Å²) in [5.41, 5.74) is 2.60. The summed E-state index contributed by atoms with van der Waals surface area (Å²) in [7, 11) is 0. The molecule has 0 atom stereocenters. The highest BCUT2D eigenvalue weighted by Crippen LogP contribution is 2.13. The topological polar surface area (TPSA) is 0 Å². The minimum absolute atomic E-state index is 0.645. The minimum atomic E-state index is 0.645. The van der Waals surface area contributed by atoms with Crippen LogP contribution in [0.15, 0.2) is 23.8 Å². The molecule has 86 valence electrons. The first-order valence-electron chi connectivity index (χ1n) is 5.94. The number of hydrogen-bond acceptors (Lipinski definition) is 0. The van der Waals surface area contributed by atoms with Gasteiger partial charge in [-0.1, -0.05) is 66.7 Å². The van der Waals surface area contributed by atoms with E-state index in [1.807, 2.05) is 27.7 Å². The smallest absolute Gasteiger partial charge is 0.0285 e. The third-order valence-corrected chi connectivity index (χ3v) is 1.46. The molecule has 0 spiro atoms. The Bertz CT molecular complexity index is 138. The summed E-state index contributed by atoms with van der Waals surface area (Å²) in [6.07, 6.45) is 3.38. The SMILES string of the molecule is C=C(C)/C(=C/C(C)C)CC.CC.CC. The lowest BCUT2D eigenvalue weighted by atomic mass is 10.0. The fourth-order valence-electron chi connectivity index (χ4n) is 0.964. The van der Waals surface area contributed by atoms with Crippen LogP contribution in [0.1, 0.15) is 61.8 Å². The molecule has 0 radical (unpaired) electrons. The first-order valence-corrected chi connectivity index (χ1v) is 5.94. The van der Waals surface area contributed by atoms with E-state index in [1.165, 1.54) is 11.1 Å². The Kier molecular flexibility index (Phi) is 20.4. The zero-order valence-corrected chi connectivity index (χ0v) is 11.6. The molecule has 0 bridgehead atoms. The fraction of sp³-hybridized carbons (Fsp3) is 0.714. The van der Waals surface area contributed by atoms with Gasteiger partial charge in [0.2, 0.25) is 0 Å². The van der Waals surface area contributed by atoms with E-state index in [1.54, 1.807) is 0 Å². The Balaban J connectivity index is -0.000000266. The van der Waals surface area contributed by atoms with Crippen LogP contribution in [0.4, 0.5) is 0 Å². The third kappa shape index (κ3) is 14.0. The number of hydrogen-bond donors (Lipinski definition) is 0. The van der Waals surface area contributed by atoms with Crippen LogP contribution in [-0.2, 0) is 0 Å². The van der Waals surface area contributed by atoms with Crippen molar-refractivity contribution in [1.82, 2.24) is 0 Å². The van der Waals surface area contributed by atoms with E-state index in [0.717, 1.165) is 6.42 Å². The predicted molar refractivity (Wildman–Crippen MR) is 70.7 cm³/mol. The summed E-state index contributed by atoms with van der Waals surface area (Å²) in [6, 6.07) is 0. The molecule has 0 heterocycles. The first kappa shape index (κ1) is 19.1. The van der Waals surface area contributed by atoms with E-state index in [-0.39, 0.29) is 0 Å². The van der Waals surface area contributed by atoms with Gasteiger partial charge in [-0.3, -0.25) is 0 Å². The molecule has 0 heteroatoms. The monoisotopic (exact) mass is 198 g/mol. The van der Waals surface area contributed by atoms with E-state index in [4.69, 9.17) is 0 Å². The van der Waals surface area contributed by atoms with Crippen LogP contribution >= 0.6 is 0 Å². The lowest BCUT2D eigenvalue weighted by molar-refractivity contribution is 0.815. The molecule has 0 saturated heterocycles. The molecule has 0 N–H and O–H groups in total. The maximum atomic E-state index is 3.91. The highest BCUT2D eigenvalue weighted by molar-refractivity contribution is 5.25. The van der Waals surface area contributed by atoms with E-state index >= 15 is 0 Å². The molecule has 0 aromatic rings. The van der Waals surface area contributed by atoms with Crippen LogP contribution < -0.4 is 0 Å². The molecule has 0 aromatic carbocycles. The largest absolute Gasteiger partial charge is 0.0958 e. The molecular weight excluding hydrogens is 168 g/mol. The normalized spacial score (nSPS) is 9.64. The van der Waals surface area contributed by atoms with E-state index < -0.39 is 0 Å². The second kappa shape index (κ2) is 15.0. The molecule has 0 unspecified atom stereocenters. The van der Waals surface area contributed by atoms with Crippen LogP contribution in [0.25, 0.3) is 0 Å². The van der Waals surface area contributed by atoms with E-state index in [2.05, 4.69) is 40.3 Å². The third-order valence-electron chi connectivity index (χ3n) is 1.46. The summed E-state index contributed by atoms with van der Waals surface area (Å²) in [6.45, 7) is 20.5. The molecule has 0 saturated carbocycles. The van der Waals surface area contributed by atoms with Crippen LogP contribution in [0, 0.1) is 5.92 Å². The van der Waals surface area contributed by atoms with Gasteiger partial charge in [-0.05, 0) is 24.8 Å². The van der Waals surface area contributed by atoms with Crippen molar-refractivity contribution in [3.05, 3.63) is 23.8 Å². The van der Waals surface area contributed by atoms with Gasteiger partial charge in [-0.25, -0.2) is 0 Å². The summed E-state index contributed by atoms with van der Waals surface area (Å²) < 4.78 is 0. The molecule has 0 rings (SSSR count). The Morgan fingerprint density at radius 3 is 1.57 bits per heavy atom. The lowest BCUT2D eigenvalue weighted by Crippen LogP contribution is -1.86. The van der Waals surface area contributed by atoms with E-state index in [9.17, 15) is 0 Å². The molecular formula is C14H30. The van der Waals surface area contributed by atoms with Crippen molar-refractivity contribution in [1.29, 1.82) is 0 Å². The Hall–Kier alpha value is -0.520. The van der Waals surface area contributed by atoms with Crippen LogP contribution in [0.5, 0.6) is 0 Å². The van der Waals surface area contributed by atoms with Crippen LogP contribution in [0.2, 0.25) is 0 Å². The van der Waals surface area contributed by atoms with Crippen molar-refractivity contribution in [3.63, 3.8) is 0 Å². The summed E-state index contributed by atoms with van der Waals surface area (Å²) in [5.74, 6) is 0.645. The first-order chi connectivity index (χ1) is 6.57. The van der Waals surface area contributed by atoms with Crippen LogP contribution in [0.3, 0.4) is 0 Å². The van der Waals surface area contributed by atoms with Gasteiger partial charge in [0.15, 0.2) is 0 Å². The van der Waals surface area contributed by atoms with Crippen LogP contribution in [-0.4, -0.2) is 0 Å². The predicted octanol–water partition coefficient (Wildman–Crippen LogP) is 5.61. The van der Waals surface area contributed by atoms with Gasteiger partial charge in [0.1, 0.15) is 0 Å². The van der Waals surface area contributed by atoms with Gasteiger partial charge in [0, 0.05) is 0 Å². The standard InChI is InChI=1S/C10H18.2C2H6/c1-6-10(9(4)5)7-8(2)3;2*1-2/h7-8H,4,6H2,1-3,5H3;2*1-2H3/b10-7+;;. The van der Waals surface area contributed by atoms with Gasteiger partial charge in [-0.15, -0.1) is 0 Å². The molecule has 0 amide bonds. The van der Waals surface area contributed by atoms with Gasteiger partial charge >= 0.3 is 0 Å². The highest BCUT2D eigenvalue weighted by Gasteiger charge is 1.95. The molecule has 0 nitrogen and oxygen atoms in total. The molecule has 0 aliphatic rings. The lowest BCUT2D eigenvalue weighted by Gasteiger charge is -2.04. The minimum Gasteiger partial charge on any atom is -0.0958 e. The maximum Gasteiger partial charge on any atom is -0.0285 e. The average Bonchev–Trinajstić information content (AvgIpc) is 2.19. The van der Waals surface area contributed by atoms with Crippen molar-refractivity contribution in [2.75, 3.05) is 0 Å². The van der Waals surface area contributed by atoms with Gasteiger partial charge < -0.3 is 0 Å². The maximum absolute atomic E-state index is 3.91. The average molecular weight is 198 g/mol. The van der Waals surface area contributed by atoms with Crippen molar-refractivity contribution in [2.45, 2.75) is 61.8 Å². The van der Waals surface area contributed by atoms with Gasteiger partial charge in [0.25, 0.3) is 0 Å². The van der Waals surface area contributed by atoms with Crippen molar-refractivity contribution in [3.8, 4) is 0 Å². The zero-order valence-electron chi connectivity index (χ0n) is 11.6. The van der Waals surface area contributed by atoms with Gasteiger partial charge in [0.05, 0.1) is 0 Å².